The molecule has 5 heteroatoms. The van der Waals surface area contributed by atoms with Gasteiger partial charge in [-0.15, -0.1) is 11.3 Å². The highest BCUT2D eigenvalue weighted by molar-refractivity contribution is 7.11. The fourth-order valence-corrected chi connectivity index (χ4v) is 3.83. The van der Waals surface area contributed by atoms with Crippen molar-refractivity contribution < 1.29 is 14.6 Å². The molecule has 0 bridgehead atoms. The quantitative estimate of drug-likeness (QED) is 0.785. The highest BCUT2D eigenvalue weighted by atomic mass is 32.1. The molecule has 24 heavy (non-hydrogen) atoms. The lowest BCUT2D eigenvalue weighted by Crippen LogP contribution is -2.13. The maximum Gasteiger partial charge on any atom is 0.307 e. The number of carboxylic acid groups (broad SMARTS) is 1. The number of ether oxygens (including phenoxy) is 1. The molecule has 0 spiro atoms. The maximum atomic E-state index is 11.0. The zero-order valence-electron chi connectivity index (χ0n) is 13.7. The van der Waals surface area contributed by atoms with E-state index in [-0.39, 0.29) is 6.42 Å². The summed E-state index contributed by atoms with van der Waals surface area (Å²) in [6.45, 7) is 4.52. The molecule has 4 nitrogen and oxygen atoms in total. The topological polar surface area (TPSA) is 58.6 Å². The molecule has 0 saturated heterocycles. The van der Waals surface area contributed by atoms with E-state index in [4.69, 9.17) is 9.84 Å². The Morgan fingerprint density at radius 3 is 3.08 bits per heavy atom. The number of aliphatic carboxylic acids is 1. The van der Waals surface area contributed by atoms with Gasteiger partial charge in [-0.2, -0.15) is 0 Å². The standard InChI is InChI=1S/C19H21NO3S/c1-2-20-8-3-4-15-16-10-13(11-18(21)22)5-6-17(16)23-12-14-7-9-24-19(14)15/h4-7,9-10,20H,2-3,8,11-12H2,1H3,(H,21,22)/b15-4+. The van der Waals surface area contributed by atoms with E-state index in [2.05, 4.69) is 29.8 Å². The van der Waals surface area contributed by atoms with Crippen LogP contribution in [0.15, 0.2) is 35.7 Å². The summed E-state index contributed by atoms with van der Waals surface area (Å²) in [6, 6.07) is 7.78. The van der Waals surface area contributed by atoms with Gasteiger partial charge in [-0.1, -0.05) is 19.1 Å². The van der Waals surface area contributed by atoms with Crippen molar-refractivity contribution in [3.63, 3.8) is 0 Å². The summed E-state index contributed by atoms with van der Waals surface area (Å²) >= 11 is 1.71. The number of thiophene rings is 1. The molecular weight excluding hydrogens is 322 g/mol. The molecule has 2 aromatic rings. The van der Waals surface area contributed by atoms with E-state index in [1.165, 1.54) is 10.4 Å². The first-order chi connectivity index (χ1) is 11.7. The van der Waals surface area contributed by atoms with Crippen LogP contribution in [0.2, 0.25) is 0 Å². The molecule has 3 rings (SSSR count). The van der Waals surface area contributed by atoms with E-state index in [9.17, 15) is 4.79 Å². The van der Waals surface area contributed by atoms with Crippen molar-refractivity contribution in [3.05, 3.63) is 57.3 Å². The molecule has 2 N–H and O–H groups in total. The lowest BCUT2D eigenvalue weighted by molar-refractivity contribution is -0.136. The zero-order chi connectivity index (χ0) is 16.9. The van der Waals surface area contributed by atoms with Crippen LogP contribution in [0.4, 0.5) is 0 Å². The number of carbonyl (C=O) groups is 1. The smallest absolute Gasteiger partial charge is 0.307 e. The Bertz CT molecular complexity index is 764. The van der Waals surface area contributed by atoms with Gasteiger partial charge in [0.1, 0.15) is 12.4 Å². The second-order valence-electron chi connectivity index (χ2n) is 5.72. The SMILES string of the molecule is CCNCC/C=C1\c2cc(CC(=O)O)ccc2OCc2ccsc21. The molecule has 0 unspecified atom stereocenters. The largest absolute Gasteiger partial charge is 0.488 e. The van der Waals surface area contributed by atoms with Crippen LogP contribution in [0.1, 0.15) is 34.9 Å². The summed E-state index contributed by atoms with van der Waals surface area (Å²) < 4.78 is 5.95. The molecule has 1 aliphatic rings. The number of rotatable bonds is 6. The Morgan fingerprint density at radius 2 is 2.29 bits per heavy atom. The van der Waals surface area contributed by atoms with E-state index in [1.807, 2.05) is 18.2 Å². The lowest BCUT2D eigenvalue weighted by Gasteiger charge is -2.11. The van der Waals surface area contributed by atoms with Crippen LogP contribution in [-0.4, -0.2) is 24.2 Å². The van der Waals surface area contributed by atoms with Crippen molar-refractivity contribution in [2.24, 2.45) is 0 Å². The number of nitrogens with one attached hydrogen (secondary N) is 1. The van der Waals surface area contributed by atoms with Crippen LogP contribution in [0.5, 0.6) is 5.75 Å². The van der Waals surface area contributed by atoms with Gasteiger partial charge in [-0.05, 0) is 54.2 Å². The summed E-state index contributed by atoms with van der Waals surface area (Å²) in [5, 5.41) is 14.5. The van der Waals surface area contributed by atoms with Crippen LogP contribution in [-0.2, 0) is 17.8 Å². The summed E-state index contributed by atoms with van der Waals surface area (Å²) in [5.41, 5.74) is 4.12. The van der Waals surface area contributed by atoms with Gasteiger partial charge in [0.15, 0.2) is 0 Å². The molecule has 126 valence electrons. The first-order valence-electron chi connectivity index (χ1n) is 8.14. The fraction of sp³-hybridized carbons (Fsp3) is 0.316. The first kappa shape index (κ1) is 16.7. The van der Waals surface area contributed by atoms with Crippen LogP contribution < -0.4 is 10.1 Å². The molecule has 2 heterocycles. The molecule has 0 amide bonds. The minimum absolute atomic E-state index is 0.0231. The predicted octanol–water partition coefficient (Wildman–Crippen LogP) is 3.70. The lowest BCUT2D eigenvalue weighted by atomic mass is 9.97. The van der Waals surface area contributed by atoms with Crippen molar-refractivity contribution in [2.45, 2.75) is 26.4 Å². The molecule has 0 aliphatic carbocycles. The van der Waals surface area contributed by atoms with Gasteiger partial charge < -0.3 is 15.2 Å². The average Bonchev–Trinajstić information content (AvgIpc) is 2.96. The maximum absolute atomic E-state index is 11.0. The third kappa shape index (κ3) is 3.68. The van der Waals surface area contributed by atoms with Gasteiger partial charge in [-0.25, -0.2) is 0 Å². The molecular formula is C19H21NO3S. The van der Waals surface area contributed by atoms with E-state index in [0.29, 0.717) is 6.61 Å². The summed E-state index contributed by atoms with van der Waals surface area (Å²) in [6.07, 6.45) is 3.18. The molecule has 0 atom stereocenters. The Kier molecular flexibility index (Phi) is 5.33. The highest BCUT2D eigenvalue weighted by Gasteiger charge is 2.20. The van der Waals surface area contributed by atoms with Crippen LogP contribution in [0.25, 0.3) is 5.57 Å². The zero-order valence-corrected chi connectivity index (χ0v) is 14.5. The van der Waals surface area contributed by atoms with Gasteiger partial charge in [0.05, 0.1) is 6.42 Å². The van der Waals surface area contributed by atoms with Crippen molar-refractivity contribution in [1.29, 1.82) is 0 Å². The van der Waals surface area contributed by atoms with Crippen LogP contribution >= 0.6 is 11.3 Å². The first-order valence-corrected chi connectivity index (χ1v) is 9.02. The van der Waals surface area contributed by atoms with E-state index >= 15 is 0 Å². The van der Waals surface area contributed by atoms with Gasteiger partial charge >= 0.3 is 5.97 Å². The number of hydrogen-bond acceptors (Lipinski definition) is 4. The van der Waals surface area contributed by atoms with Crippen molar-refractivity contribution in [2.75, 3.05) is 13.1 Å². The highest BCUT2D eigenvalue weighted by Crippen LogP contribution is 2.40. The third-order valence-corrected chi connectivity index (χ3v) is 4.97. The van der Waals surface area contributed by atoms with Crippen molar-refractivity contribution >= 4 is 22.9 Å². The number of fused-ring (bicyclic) bond motifs is 2. The van der Waals surface area contributed by atoms with Crippen molar-refractivity contribution in [1.82, 2.24) is 5.32 Å². The van der Waals surface area contributed by atoms with Gasteiger partial charge in [0.25, 0.3) is 0 Å². The number of hydrogen-bond donors (Lipinski definition) is 2. The minimum atomic E-state index is -0.820. The number of benzene rings is 1. The Labute approximate surface area is 145 Å². The molecule has 0 fully saturated rings. The molecule has 1 aromatic carbocycles. The Hall–Kier alpha value is -2.11. The summed E-state index contributed by atoms with van der Waals surface area (Å²) in [5.74, 6) is 0.00113. The van der Waals surface area contributed by atoms with Gasteiger partial charge in [0.2, 0.25) is 0 Å². The van der Waals surface area contributed by atoms with E-state index in [1.54, 1.807) is 11.3 Å². The second-order valence-corrected chi connectivity index (χ2v) is 6.64. The van der Waals surface area contributed by atoms with Gasteiger partial charge in [0, 0.05) is 16.0 Å². The Morgan fingerprint density at radius 1 is 1.42 bits per heavy atom. The Balaban J connectivity index is 2.01. The average molecular weight is 343 g/mol. The van der Waals surface area contributed by atoms with E-state index < -0.39 is 5.97 Å². The normalized spacial score (nSPS) is 14.6. The third-order valence-electron chi connectivity index (χ3n) is 3.98. The summed E-state index contributed by atoms with van der Waals surface area (Å²) in [7, 11) is 0. The molecule has 0 radical (unpaired) electrons. The monoisotopic (exact) mass is 343 g/mol. The minimum Gasteiger partial charge on any atom is -0.488 e. The molecule has 1 aromatic heterocycles. The van der Waals surface area contributed by atoms with E-state index in [0.717, 1.165) is 42.0 Å². The van der Waals surface area contributed by atoms with Crippen LogP contribution in [0.3, 0.4) is 0 Å². The summed E-state index contributed by atoms with van der Waals surface area (Å²) in [4.78, 5) is 12.3. The fourth-order valence-electron chi connectivity index (χ4n) is 2.86. The second kappa shape index (κ2) is 7.64. The number of carboxylic acids is 1. The predicted molar refractivity (Wildman–Crippen MR) is 96.7 cm³/mol. The molecule has 0 saturated carbocycles. The van der Waals surface area contributed by atoms with Gasteiger partial charge in [-0.3, -0.25) is 4.79 Å². The molecule has 1 aliphatic heterocycles. The van der Waals surface area contributed by atoms with Crippen molar-refractivity contribution in [3.8, 4) is 5.75 Å². The van der Waals surface area contributed by atoms with Crippen LogP contribution in [0, 0.1) is 0 Å².